The van der Waals surface area contributed by atoms with Gasteiger partial charge < -0.3 is 9.52 Å². The van der Waals surface area contributed by atoms with E-state index in [2.05, 4.69) is 20.2 Å². The van der Waals surface area contributed by atoms with E-state index in [0.29, 0.717) is 31.1 Å². The monoisotopic (exact) mass is 317 g/mol. The summed E-state index contributed by atoms with van der Waals surface area (Å²) in [6, 6.07) is 0.241. The van der Waals surface area contributed by atoms with Gasteiger partial charge in [-0.1, -0.05) is 5.21 Å². The molecule has 0 aromatic carbocycles. The van der Waals surface area contributed by atoms with Gasteiger partial charge in [-0.2, -0.15) is 0 Å². The normalized spacial score (nSPS) is 25.6. The number of hydrogen-bond donors (Lipinski definition) is 1. The molecule has 4 rings (SSSR count). The first-order valence-electron chi connectivity index (χ1n) is 8.35. The third-order valence-corrected chi connectivity index (χ3v) is 4.75. The number of aliphatic hydroxyl groups is 1. The number of nitrogens with zero attached hydrogens (tertiary/aromatic N) is 5. The maximum absolute atomic E-state index is 10.9. The zero-order valence-corrected chi connectivity index (χ0v) is 13.6. The van der Waals surface area contributed by atoms with Crippen molar-refractivity contribution in [3.8, 4) is 0 Å². The van der Waals surface area contributed by atoms with Gasteiger partial charge in [-0.3, -0.25) is 4.90 Å². The van der Waals surface area contributed by atoms with Gasteiger partial charge in [0, 0.05) is 25.0 Å². The minimum atomic E-state index is -0.931. The molecule has 124 valence electrons. The lowest BCUT2D eigenvalue weighted by molar-refractivity contribution is 0.0399. The van der Waals surface area contributed by atoms with E-state index in [4.69, 9.17) is 4.42 Å². The summed E-state index contributed by atoms with van der Waals surface area (Å²) in [5.74, 6) is 2.33. The predicted octanol–water partition coefficient (Wildman–Crippen LogP) is 1.82. The average Bonchev–Trinajstić information content (AvgIpc) is 2.93. The number of rotatable bonds is 5. The lowest BCUT2D eigenvalue weighted by Crippen LogP contribution is -2.31. The molecule has 3 heterocycles. The lowest BCUT2D eigenvalue weighted by atomic mass is 10.00. The Morgan fingerprint density at radius 1 is 1.43 bits per heavy atom. The van der Waals surface area contributed by atoms with E-state index in [0.717, 1.165) is 18.2 Å². The van der Waals surface area contributed by atoms with Crippen LogP contribution in [0.2, 0.25) is 0 Å². The second-order valence-corrected chi connectivity index (χ2v) is 7.10. The molecule has 0 unspecified atom stereocenters. The Labute approximate surface area is 135 Å². The summed E-state index contributed by atoms with van der Waals surface area (Å²) < 4.78 is 7.60. The molecule has 1 saturated carbocycles. The topological polar surface area (TPSA) is 80.2 Å². The number of hydrogen-bond acceptors (Lipinski definition) is 6. The molecular formula is C16H23N5O2. The van der Waals surface area contributed by atoms with Crippen LogP contribution in [0.5, 0.6) is 0 Å². The molecule has 7 heteroatoms. The second-order valence-electron chi connectivity index (χ2n) is 7.10. The Kier molecular flexibility index (Phi) is 3.50. The maximum Gasteiger partial charge on any atom is 0.208 e. The van der Waals surface area contributed by atoms with Crippen LogP contribution in [0.25, 0.3) is 0 Å². The fourth-order valence-corrected chi connectivity index (χ4v) is 3.10. The van der Waals surface area contributed by atoms with Crippen LogP contribution in [0.15, 0.2) is 16.8 Å². The first kappa shape index (κ1) is 14.8. The van der Waals surface area contributed by atoms with Gasteiger partial charge >= 0.3 is 0 Å². The highest BCUT2D eigenvalue weighted by Gasteiger charge is 2.40. The molecule has 0 radical (unpaired) electrons. The smallest absolute Gasteiger partial charge is 0.208 e. The summed E-state index contributed by atoms with van der Waals surface area (Å²) in [5, 5.41) is 19.2. The SMILES string of the molecule is CC(C)n1cc([C@@]2(O)CCN(Cc3ncc(C4CC4)o3)C2)nn1. The third kappa shape index (κ3) is 2.90. The van der Waals surface area contributed by atoms with Crippen LogP contribution in [0, 0.1) is 0 Å². The molecule has 1 aliphatic carbocycles. The van der Waals surface area contributed by atoms with Crippen LogP contribution in [0.4, 0.5) is 0 Å². The van der Waals surface area contributed by atoms with Crippen molar-refractivity contribution in [1.29, 1.82) is 0 Å². The van der Waals surface area contributed by atoms with E-state index in [9.17, 15) is 5.11 Å². The summed E-state index contributed by atoms with van der Waals surface area (Å²) in [6.45, 7) is 6.05. The van der Waals surface area contributed by atoms with Crippen LogP contribution in [-0.2, 0) is 12.1 Å². The Balaban J connectivity index is 1.42. The third-order valence-electron chi connectivity index (χ3n) is 4.75. The maximum atomic E-state index is 10.9. The molecule has 1 N–H and O–H groups in total. The van der Waals surface area contributed by atoms with Crippen molar-refractivity contribution in [1.82, 2.24) is 24.9 Å². The molecule has 2 aromatic heterocycles. The zero-order chi connectivity index (χ0) is 16.0. The molecule has 2 aliphatic rings. The van der Waals surface area contributed by atoms with E-state index in [-0.39, 0.29) is 6.04 Å². The quantitative estimate of drug-likeness (QED) is 0.906. The fraction of sp³-hybridized carbons (Fsp3) is 0.688. The van der Waals surface area contributed by atoms with E-state index in [1.807, 2.05) is 26.2 Å². The van der Waals surface area contributed by atoms with Crippen molar-refractivity contribution in [3.05, 3.63) is 29.7 Å². The Hall–Kier alpha value is -1.73. The van der Waals surface area contributed by atoms with Crippen molar-refractivity contribution in [3.63, 3.8) is 0 Å². The van der Waals surface area contributed by atoms with Gasteiger partial charge in [0.2, 0.25) is 5.89 Å². The van der Waals surface area contributed by atoms with Gasteiger partial charge in [-0.05, 0) is 33.1 Å². The Morgan fingerprint density at radius 2 is 2.26 bits per heavy atom. The van der Waals surface area contributed by atoms with Crippen molar-refractivity contribution in [2.75, 3.05) is 13.1 Å². The molecule has 1 aliphatic heterocycles. The minimum Gasteiger partial charge on any atom is -0.444 e. The number of likely N-dealkylation sites (tertiary alicyclic amines) is 1. The second kappa shape index (κ2) is 5.42. The summed E-state index contributed by atoms with van der Waals surface area (Å²) in [5.41, 5.74) is -0.279. The summed E-state index contributed by atoms with van der Waals surface area (Å²) >= 11 is 0. The first-order valence-corrected chi connectivity index (χ1v) is 8.35. The van der Waals surface area contributed by atoms with E-state index in [1.165, 1.54) is 12.8 Å². The van der Waals surface area contributed by atoms with E-state index < -0.39 is 5.60 Å². The summed E-state index contributed by atoms with van der Waals surface area (Å²) in [4.78, 5) is 6.53. The molecule has 23 heavy (non-hydrogen) atoms. The van der Waals surface area contributed by atoms with Crippen molar-refractivity contribution >= 4 is 0 Å². The average molecular weight is 317 g/mol. The van der Waals surface area contributed by atoms with Crippen molar-refractivity contribution < 1.29 is 9.52 Å². The molecule has 1 atom stereocenters. The van der Waals surface area contributed by atoms with Crippen molar-refractivity contribution in [2.45, 2.75) is 57.2 Å². The molecule has 0 amide bonds. The molecule has 0 bridgehead atoms. The first-order chi connectivity index (χ1) is 11.0. The summed E-state index contributed by atoms with van der Waals surface area (Å²) in [6.07, 6.45) is 6.78. The standard InChI is InChI=1S/C16H23N5O2/c1-11(2)21-8-14(18-19-21)16(22)5-6-20(10-16)9-15-17-7-13(23-15)12-3-4-12/h7-8,11-12,22H,3-6,9-10H2,1-2H3/t16-/m1/s1. The van der Waals surface area contributed by atoms with Crippen molar-refractivity contribution in [2.24, 2.45) is 0 Å². The molecule has 0 spiro atoms. The summed E-state index contributed by atoms with van der Waals surface area (Å²) in [7, 11) is 0. The van der Waals surface area contributed by atoms with Crippen LogP contribution in [0.1, 0.15) is 62.4 Å². The van der Waals surface area contributed by atoms with Crippen LogP contribution >= 0.6 is 0 Å². The Bertz CT molecular complexity index is 690. The minimum absolute atomic E-state index is 0.241. The molecule has 2 fully saturated rings. The van der Waals surface area contributed by atoms with Crippen LogP contribution in [-0.4, -0.2) is 43.1 Å². The van der Waals surface area contributed by atoms with Crippen LogP contribution in [0.3, 0.4) is 0 Å². The van der Waals surface area contributed by atoms with Gasteiger partial charge in [0.25, 0.3) is 0 Å². The van der Waals surface area contributed by atoms with Gasteiger partial charge in [0.15, 0.2) is 0 Å². The number of β-amino-alcohol motifs (C(OH)–C–C–N with tert-alkyl or cyclic N) is 1. The predicted molar refractivity (Wildman–Crippen MR) is 82.7 cm³/mol. The highest BCUT2D eigenvalue weighted by atomic mass is 16.4. The zero-order valence-electron chi connectivity index (χ0n) is 13.6. The molecule has 2 aromatic rings. The van der Waals surface area contributed by atoms with Crippen LogP contribution < -0.4 is 0 Å². The lowest BCUT2D eigenvalue weighted by Gasteiger charge is -2.20. The number of oxazole rings is 1. The van der Waals surface area contributed by atoms with Gasteiger partial charge in [0.05, 0.1) is 18.9 Å². The van der Waals surface area contributed by atoms with Gasteiger partial charge in [0.1, 0.15) is 17.1 Å². The van der Waals surface area contributed by atoms with Gasteiger partial charge in [-0.25, -0.2) is 9.67 Å². The fourth-order valence-electron chi connectivity index (χ4n) is 3.10. The van der Waals surface area contributed by atoms with E-state index in [1.54, 1.807) is 4.68 Å². The van der Waals surface area contributed by atoms with Gasteiger partial charge in [-0.15, -0.1) is 5.10 Å². The molecule has 7 nitrogen and oxygen atoms in total. The van der Waals surface area contributed by atoms with E-state index >= 15 is 0 Å². The highest BCUT2D eigenvalue weighted by molar-refractivity contribution is 5.12. The highest BCUT2D eigenvalue weighted by Crippen LogP contribution is 2.40. The Morgan fingerprint density at radius 3 is 2.96 bits per heavy atom. The molecule has 1 saturated heterocycles. The molecular weight excluding hydrogens is 294 g/mol. The number of aromatic nitrogens is 4. The largest absolute Gasteiger partial charge is 0.444 e.